The third-order valence-corrected chi connectivity index (χ3v) is 12.1. The predicted molar refractivity (Wildman–Crippen MR) is 297 cm³/mol. The van der Waals surface area contributed by atoms with Crippen LogP contribution in [0.15, 0.2) is 97.2 Å². The van der Waals surface area contributed by atoms with E-state index >= 15 is 0 Å². The molecule has 0 radical (unpaired) electrons. The van der Waals surface area contributed by atoms with Crippen molar-refractivity contribution in [1.82, 2.24) is 0 Å². The highest BCUT2D eigenvalue weighted by molar-refractivity contribution is 5.70. The minimum Gasteiger partial charge on any atom is -0.462 e. The average Bonchev–Trinajstić information content (AvgIpc) is 3.34. The molecule has 1 unspecified atom stereocenters. The largest absolute Gasteiger partial charge is 0.462 e. The van der Waals surface area contributed by atoms with Crippen molar-refractivity contribution in [2.24, 2.45) is 0 Å². The van der Waals surface area contributed by atoms with E-state index in [0.29, 0.717) is 19.4 Å². The minimum atomic E-state index is -0.568. The van der Waals surface area contributed by atoms with E-state index in [-0.39, 0.29) is 25.2 Å². The molecule has 0 heterocycles. The van der Waals surface area contributed by atoms with E-state index in [1.165, 1.54) is 122 Å². The number of rotatable bonds is 52. The Morgan fingerprint density at radius 1 is 0.338 bits per heavy atom. The van der Waals surface area contributed by atoms with Gasteiger partial charge in [0.2, 0.25) is 0 Å². The lowest BCUT2D eigenvalue weighted by Crippen LogP contribution is -2.30. The summed E-state index contributed by atoms with van der Waals surface area (Å²) in [5.41, 5.74) is 0. The van der Waals surface area contributed by atoms with Crippen molar-refractivity contribution in [3.05, 3.63) is 97.2 Å². The molecule has 390 valence electrons. The fraction of sp³-hybridized carbons (Fsp3) is 0.714. The summed E-state index contributed by atoms with van der Waals surface area (Å²) in [5, 5.41) is 0. The maximum atomic E-state index is 12.8. The number of allylic oxidation sites excluding steroid dienone is 16. The molecule has 0 aliphatic rings. The van der Waals surface area contributed by atoms with Crippen LogP contribution in [0.1, 0.15) is 265 Å². The first-order valence-electron chi connectivity index (χ1n) is 28.8. The van der Waals surface area contributed by atoms with E-state index in [0.717, 1.165) is 109 Å². The Balaban J connectivity index is 4.34. The van der Waals surface area contributed by atoms with Crippen LogP contribution in [0, 0.1) is 0 Å². The van der Waals surface area contributed by atoms with Crippen LogP contribution in [-0.2, 0) is 23.8 Å². The van der Waals surface area contributed by atoms with Gasteiger partial charge in [0, 0.05) is 19.4 Å². The summed E-state index contributed by atoms with van der Waals surface area (Å²) in [6.45, 7) is 7.57. The topological polar surface area (TPSA) is 61.8 Å². The zero-order chi connectivity index (χ0) is 49.2. The molecule has 0 aliphatic heterocycles. The average molecular weight is 946 g/mol. The number of ether oxygens (including phenoxy) is 3. The quantitative estimate of drug-likeness (QED) is 0.0345. The summed E-state index contributed by atoms with van der Waals surface area (Å²) in [5.74, 6) is -0.457. The third kappa shape index (κ3) is 55.4. The van der Waals surface area contributed by atoms with Crippen molar-refractivity contribution in [1.29, 1.82) is 0 Å². The molecule has 68 heavy (non-hydrogen) atoms. The van der Waals surface area contributed by atoms with Gasteiger partial charge >= 0.3 is 11.9 Å². The van der Waals surface area contributed by atoms with E-state index in [9.17, 15) is 9.59 Å². The number of hydrogen-bond acceptors (Lipinski definition) is 5. The van der Waals surface area contributed by atoms with Gasteiger partial charge in [-0.25, -0.2) is 0 Å². The van der Waals surface area contributed by atoms with Gasteiger partial charge in [0.25, 0.3) is 0 Å². The Morgan fingerprint density at radius 3 is 1.09 bits per heavy atom. The van der Waals surface area contributed by atoms with Crippen molar-refractivity contribution in [3.63, 3.8) is 0 Å². The van der Waals surface area contributed by atoms with Crippen LogP contribution in [0.2, 0.25) is 0 Å². The predicted octanol–water partition coefficient (Wildman–Crippen LogP) is 19.8. The molecular weight excluding hydrogens is 837 g/mol. The molecule has 0 saturated carbocycles. The highest BCUT2D eigenvalue weighted by Crippen LogP contribution is 2.15. The Morgan fingerprint density at radius 2 is 0.662 bits per heavy atom. The summed E-state index contributed by atoms with van der Waals surface area (Å²) in [4.78, 5) is 25.5. The molecule has 0 saturated heterocycles. The molecule has 5 heteroatoms. The van der Waals surface area contributed by atoms with Crippen LogP contribution in [0.4, 0.5) is 0 Å². The smallest absolute Gasteiger partial charge is 0.306 e. The van der Waals surface area contributed by atoms with Gasteiger partial charge in [-0.2, -0.15) is 0 Å². The highest BCUT2D eigenvalue weighted by atomic mass is 16.6. The van der Waals surface area contributed by atoms with Gasteiger partial charge in [0.05, 0.1) is 6.61 Å². The SMILES string of the molecule is CC/C=C\C/C=C\C/C=C\C/C=C\CCCCCCCCC(=O)OCC(COCCCCCCCCCCCCCCCCCCCC)OC(=O)CCCC/C=C\C/C=C\C/C=C\C/C=C\CC. The minimum absolute atomic E-state index is 0.0585. The molecule has 0 aromatic heterocycles. The summed E-state index contributed by atoms with van der Waals surface area (Å²) in [7, 11) is 0. The van der Waals surface area contributed by atoms with Crippen molar-refractivity contribution in [2.45, 2.75) is 271 Å². The van der Waals surface area contributed by atoms with Crippen LogP contribution < -0.4 is 0 Å². The maximum Gasteiger partial charge on any atom is 0.306 e. The first-order valence-corrected chi connectivity index (χ1v) is 28.8. The van der Waals surface area contributed by atoms with E-state index in [1.54, 1.807) is 0 Å². The molecule has 0 aromatic carbocycles. The molecule has 0 spiro atoms. The maximum absolute atomic E-state index is 12.8. The Hall–Kier alpha value is -3.18. The molecular formula is C63H108O5. The van der Waals surface area contributed by atoms with Crippen LogP contribution in [0.5, 0.6) is 0 Å². The summed E-state index contributed by atoms with van der Waals surface area (Å²) in [6, 6.07) is 0. The molecule has 0 rings (SSSR count). The van der Waals surface area contributed by atoms with Crippen molar-refractivity contribution >= 4 is 11.9 Å². The van der Waals surface area contributed by atoms with Gasteiger partial charge in [-0.3, -0.25) is 9.59 Å². The van der Waals surface area contributed by atoms with Gasteiger partial charge in [-0.1, -0.05) is 253 Å². The second-order valence-electron chi connectivity index (χ2n) is 18.8. The number of carbonyl (C=O) groups excluding carboxylic acids is 2. The monoisotopic (exact) mass is 945 g/mol. The summed E-state index contributed by atoms with van der Waals surface area (Å²) < 4.78 is 17.4. The number of unbranched alkanes of at least 4 members (excludes halogenated alkanes) is 25. The lowest BCUT2D eigenvalue weighted by Gasteiger charge is -2.18. The first kappa shape index (κ1) is 64.8. The molecule has 5 nitrogen and oxygen atoms in total. The zero-order valence-corrected chi connectivity index (χ0v) is 44.8. The van der Waals surface area contributed by atoms with Gasteiger partial charge in [0.1, 0.15) is 6.61 Å². The number of esters is 2. The van der Waals surface area contributed by atoms with Crippen molar-refractivity contribution in [2.75, 3.05) is 19.8 Å². The van der Waals surface area contributed by atoms with Crippen LogP contribution in [-0.4, -0.2) is 37.9 Å². The molecule has 0 aliphatic carbocycles. The molecule has 1 atom stereocenters. The van der Waals surface area contributed by atoms with Gasteiger partial charge in [-0.15, -0.1) is 0 Å². The Kier molecular flexibility index (Phi) is 55.4. The second kappa shape index (κ2) is 58.1. The van der Waals surface area contributed by atoms with Gasteiger partial charge in [0.15, 0.2) is 6.10 Å². The molecule has 0 fully saturated rings. The molecule has 0 amide bonds. The second-order valence-corrected chi connectivity index (χ2v) is 18.8. The lowest BCUT2D eigenvalue weighted by atomic mass is 10.0. The van der Waals surface area contributed by atoms with Crippen LogP contribution in [0.25, 0.3) is 0 Å². The van der Waals surface area contributed by atoms with Crippen molar-refractivity contribution < 1.29 is 23.8 Å². The Labute approximate surface area is 422 Å². The lowest BCUT2D eigenvalue weighted by molar-refractivity contribution is -0.163. The molecule has 0 N–H and O–H groups in total. The van der Waals surface area contributed by atoms with E-state index in [1.807, 2.05) is 0 Å². The fourth-order valence-electron chi connectivity index (χ4n) is 7.90. The number of hydrogen-bond donors (Lipinski definition) is 0. The standard InChI is InChI=1S/C63H108O5/c1-4-7-10-13-16-19-22-25-28-30-32-33-36-38-41-44-47-50-53-56-62(64)67-60-61(68-63(65)57-54-51-48-45-42-39-35-27-24-21-18-15-12-9-6-3)59-66-58-55-52-49-46-43-40-37-34-31-29-26-23-20-17-14-11-8-5-2/h7,9-10,12,16,18-19,21,25,27-28,32-33,35,42,45,61H,4-6,8,11,13-15,17,20,22-24,26,29-31,34,36-41,43-44,46-60H2,1-3H3/b10-7-,12-9-,19-16-,21-18-,28-25-,33-32-,35-27-,45-42-. The van der Waals surface area contributed by atoms with Gasteiger partial charge in [-0.05, 0) is 96.3 Å². The fourth-order valence-corrected chi connectivity index (χ4v) is 7.90. The highest BCUT2D eigenvalue weighted by Gasteiger charge is 2.17. The van der Waals surface area contributed by atoms with Crippen molar-refractivity contribution in [3.8, 4) is 0 Å². The number of carbonyl (C=O) groups is 2. The van der Waals surface area contributed by atoms with Crippen LogP contribution >= 0.6 is 0 Å². The van der Waals surface area contributed by atoms with E-state index < -0.39 is 6.10 Å². The third-order valence-electron chi connectivity index (χ3n) is 12.1. The Bertz CT molecular complexity index is 1300. The zero-order valence-electron chi connectivity index (χ0n) is 44.8. The van der Waals surface area contributed by atoms with E-state index in [2.05, 4.69) is 118 Å². The molecule has 0 bridgehead atoms. The first-order chi connectivity index (χ1) is 33.6. The summed E-state index contributed by atoms with van der Waals surface area (Å²) >= 11 is 0. The van der Waals surface area contributed by atoms with Gasteiger partial charge < -0.3 is 14.2 Å². The molecule has 0 aromatic rings. The normalized spacial score (nSPS) is 12.9. The van der Waals surface area contributed by atoms with Crippen LogP contribution in [0.3, 0.4) is 0 Å². The summed E-state index contributed by atoms with van der Waals surface area (Å²) in [6.07, 6.45) is 78.6. The van der Waals surface area contributed by atoms with E-state index in [4.69, 9.17) is 14.2 Å².